The molecule has 12 atom stereocenters. The molecular weight excluding hydrogens is 472 g/mol. The molecule has 0 aromatic rings. The summed E-state index contributed by atoms with van der Waals surface area (Å²) in [6.45, 7) is 11.7. The van der Waals surface area contributed by atoms with Gasteiger partial charge in [-0.05, 0) is 136 Å². The molecule has 218 valence electrons. The molecule has 5 heteroatoms. The van der Waals surface area contributed by atoms with Crippen LogP contribution in [0.2, 0.25) is 0 Å². The van der Waals surface area contributed by atoms with E-state index in [4.69, 9.17) is 0 Å². The van der Waals surface area contributed by atoms with Crippen molar-refractivity contribution in [2.45, 2.75) is 136 Å². The fraction of sp³-hybridized carbons (Fsp3) is 0.970. The fourth-order valence-corrected chi connectivity index (χ4v) is 11.2. The molecule has 4 saturated carbocycles. The zero-order valence-electron chi connectivity index (χ0n) is 24.9. The number of aliphatic hydroxyl groups excluding tert-OH is 2. The molecule has 4 aliphatic carbocycles. The quantitative estimate of drug-likeness (QED) is 0.289. The van der Waals surface area contributed by atoms with Crippen molar-refractivity contribution in [1.82, 2.24) is 10.6 Å². The van der Waals surface area contributed by atoms with E-state index in [0.717, 1.165) is 51.6 Å². The minimum absolute atomic E-state index is 0.182. The monoisotopic (exact) mass is 530 g/mol. The van der Waals surface area contributed by atoms with Gasteiger partial charge in [0, 0.05) is 19.0 Å². The highest BCUT2D eigenvalue weighted by Gasteiger charge is 2.64. The molecule has 1 aliphatic heterocycles. The molecule has 38 heavy (non-hydrogen) atoms. The smallest absolute Gasteiger partial charge is 0.220 e. The standard InChI is InChI=1S/C33H58N2O3/c1-5-24-28-20-23(36)14-16-33(28,4)27-15-17-32(3)25(11-12-26(32)30(27)31(24)38)21(2)10-13-29(37)35-19-7-9-22-8-6-18-34-22/h21-28,30-31,34,36,38H,5-20H2,1-4H3,(H,35,37)/t21-,22?,23-,24-,25-,26+,27+,28+,30+,31-,32-,33-/m1/s1. The SMILES string of the molecule is CC[C@H]1[C@@H](O)[C@@H]2[C@H](CC[C@]3(C)[C@@H]([C@H](C)CCC(=O)NCCCC4CCCN4)CC[C@@H]23)[C@@]2(C)CC[C@@H](O)C[C@@H]12. The third-order valence-corrected chi connectivity index (χ3v) is 13.2. The molecule has 0 bridgehead atoms. The van der Waals surface area contributed by atoms with Gasteiger partial charge < -0.3 is 20.8 Å². The summed E-state index contributed by atoms with van der Waals surface area (Å²) in [7, 11) is 0. The summed E-state index contributed by atoms with van der Waals surface area (Å²) in [5.41, 5.74) is 0.544. The first-order valence-corrected chi connectivity index (χ1v) is 16.5. The molecule has 5 nitrogen and oxygen atoms in total. The number of carbonyl (C=O) groups is 1. The molecule has 0 aromatic carbocycles. The van der Waals surface area contributed by atoms with Gasteiger partial charge in [0.05, 0.1) is 12.2 Å². The molecule has 0 spiro atoms. The van der Waals surface area contributed by atoms with Gasteiger partial charge in [0.2, 0.25) is 5.91 Å². The van der Waals surface area contributed by atoms with Crippen molar-refractivity contribution in [3.05, 3.63) is 0 Å². The number of amides is 1. The van der Waals surface area contributed by atoms with E-state index in [1.165, 1.54) is 44.9 Å². The van der Waals surface area contributed by atoms with Gasteiger partial charge in [-0.3, -0.25) is 4.79 Å². The highest BCUT2D eigenvalue weighted by atomic mass is 16.3. The van der Waals surface area contributed by atoms with Crippen LogP contribution in [0.4, 0.5) is 0 Å². The minimum atomic E-state index is -0.225. The van der Waals surface area contributed by atoms with Crippen molar-refractivity contribution in [3.8, 4) is 0 Å². The Morgan fingerprint density at radius 2 is 1.79 bits per heavy atom. The largest absolute Gasteiger partial charge is 0.393 e. The Kier molecular flexibility index (Phi) is 8.88. The van der Waals surface area contributed by atoms with Gasteiger partial charge in [-0.15, -0.1) is 0 Å². The van der Waals surface area contributed by atoms with Crippen molar-refractivity contribution in [2.75, 3.05) is 13.1 Å². The normalized spacial score (nSPS) is 47.2. The van der Waals surface area contributed by atoms with E-state index >= 15 is 0 Å². The summed E-state index contributed by atoms with van der Waals surface area (Å²) in [5, 5.41) is 29.2. The van der Waals surface area contributed by atoms with E-state index in [0.29, 0.717) is 53.9 Å². The molecule has 1 unspecified atom stereocenters. The van der Waals surface area contributed by atoms with Crippen molar-refractivity contribution < 1.29 is 15.0 Å². The average molecular weight is 531 g/mol. The van der Waals surface area contributed by atoms with Gasteiger partial charge in [-0.1, -0.05) is 34.1 Å². The number of fused-ring (bicyclic) bond motifs is 5. The van der Waals surface area contributed by atoms with E-state index in [-0.39, 0.29) is 28.9 Å². The number of carbonyl (C=O) groups excluding carboxylic acids is 1. The third-order valence-electron chi connectivity index (χ3n) is 13.2. The second-order valence-electron chi connectivity index (χ2n) is 14.9. The number of hydrogen-bond acceptors (Lipinski definition) is 4. The van der Waals surface area contributed by atoms with Crippen LogP contribution in [-0.2, 0) is 4.79 Å². The Balaban J connectivity index is 1.18. The summed E-state index contributed by atoms with van der Waals surface area (Å²) in [4.78, 5) is 12.6. The zero-order chi connectivity index (χ0) is 27.1. The van der Waals surface area contributed by atoms with Crippen LogP contribution in [0.1, 0.15) is 118 Å². The number of rotatable bonds is 9. The maximum atomic E-state index is 12.6. The lowest BCUT2D eigenvalue weighted by Gasteiger charge is -2.64. The van der Waals surface area contributed by atoms with Gasteiger partial charge in [0.15, 0.2) is 0 Å². The van der Waals surface area contributed by atoms with Crippen LogP contribution in [0.15, 0.2) is 0 Å². The molecular formula is C33H58N2O3. The van der Waals surface area contributed by atoms with Crippen LogP contribution in [0.5, 0.6) is 0 Å². The predicted octanol–water partition coefficient (Wildman–Crippen LogP) is 5.68. The van der Waals surface area contributed by atoms with Gasteiger partial charge in [0.25, 0.3) is 0 Å². The number of hydrogen-bond donors (Lipinski definition) is 4. The first-order valence-electron chi connectivity index (χ1n) is 16.5. The lowest BCUT2D eigenvalue weighted by molar-refractivity contribution is -0.203. The average Bonchev–Trinajstić information content (AvgIpc) is 3.54. The zero-order valence-corrected chi connectivity index (χ0v) is 24.9. The van der Waals surface area contributed by atoms with E-state index in [2.05, 4.69) is 38.3 Å². The molecule has 1 amide bonds. The van der Waals surface area contributed by atoms with E-state index in [1.54, 1.807) is 0 Å². The van der Waals surface area contributed by atoms with Crippen molar-refractivity contribution in [2.24, 2.45) is 52.3 Å². The summed E-state index contributed by atoms with van der Waals surface area (Å²) >= 11 is 0. The lowest BCUT2D eigenvalue weighted by atomic mass is 9.41. The molecule has 1 saturated heterocycles. The Labute approximate surface area is 232 Å². The van der Waals surface area contributed by atoms with Gasteiger partial charge in [-0.25, -0.2) is 0 Å². The Bertz CT molecular complexity index is 814. The first kappa shape index (κ1) is 28.9. The summed E-state index contributed by atoms with van der Waals surface area (Å²) in [6, 6.07) is 0.659. The second-order valence-corrected chi connectivity index (χ2v) is 14.9. The van der Waals surface area contributed by atoms with Crippen LogP contribution in [0.3, 0.4) is 0 Å². The molecule has 5 aliphatic rings. The third kappa shape index (κ3) is 5.22. The Morgan fingerprint density at radius 3 is 2.53 bits per heavy atom. The van der Waals surface area contributed by atoms with Crippen LogP contribution in [0, 0.1) is 52.3 Å². The van der Waals surface area contributed by atoms with Gasteiger partial charge >= 0.3 is 0 Å². The Morgan fingerprint density at radius 1 is 1.03 bits per heavy atom. The van der Waals surface area contributed by atoms with Crippen LogP contribution in [0.25, 0.3) is 0 Å². The van der Waals surface area contributed by atoms with Crippen molar-refractivity contribution in [3.63, 3.8) is 0 Å². The predicted molar refractivity (Wildman–Crippen MR) is 153 cm³/mol. The first-order chi connectivity index (χ1) is 18.2. The molecule has 0 radical (unpaired) electrons. The van der Waals surface area contributed by atoms with Gasteiger partial charge in [0.1, 0.15) is 0 Å². The number of aliphatic hydroxyl groups is 2. The molecule has 5 rings (SSSR count). The van der Waals surface area contributed by atoms with Crippen molar-refractivity contribution in [1.29, 1.82) is 0 Å². The fourth-order valence-electron chi connectivity index (χ4n) is 11.2. The molecule has 5 fully saturated rings. The Hall–Kier alpha value is -0.650. The maximum Gasteiger partial charge on any atom is 0.220 e. The van der Waals surface area contributed by atoms with E-state index in [1.807, 2.05) is 0 Å². The summed E-state index contributed by atoms with van der Waals surface area (Å²) in [6.07, 6.45) is 15.0. The van der Waals surface area contributed by atoms with E-state index < -0.39 is 0 Å². The number of nitrogens with one attached hydrogen (secondary N) is 2. The highest BCUT2D eigenvalue weighted by Crippen LogP contribution is 2.69. The van der Waals surface area contributed by atoms with Crippen LogP contribution < -0.4 is 10.6 Å². The minimum Gasteiger partial charge on any atom is -0.393 e. The highest BCUT2D eigenvalue weighted by molar-refractivity contribution is 5.75. The second kappa shape index (κ2) is 11.7. The molecule has 1 heterocycles. The van der Waals surface area contributed by atoms with Crippen LogP contribution in [-0.4, -0.2) is 47.5 Å². The summed E-state index contributed by atoms with van der Waals surface area (Å²) < 4.78 is 0. The van der Waals surface area contributed by atoms with Crippen molar-refractivity contribution >= 4 is 5.91 Å². The molecule has 0 aromatic heterocycles. The topological polar surface area (TPSA) is 81.6 Å². The summed E-state index contributed by atoms with van der Waals surface area (Å²) in [5.74, 6) is 3.81. The molecule has 4 N–H and O–H groups in total. The van der Waals surface area contributed by atoms with Crippen LogP contribution >= 0.6 is 0 Å². The lowest BCUT2D eigenvalue weighted by Crippen LogP contribution is -2.62. The maximum absolute atomic E-state index is 12.6. The van der Waals surface area contributed by atoms with E-state index in [9.17, 15) is 15.0 Å². The van der Waals surface area contributed by atoms with Gasteiger partial charge in [-0.2, -0.15) is 0 Å².